The van der Waals surface area contributed by atoms with E-state index in [1.807, 2.05) is 37.3 Å². The summed E-state index contributed by atoms with van der Waals surface area (Å²) in [4.78, 5) is 12.6. The van der Waals surface area contributed by atoms with Crippen molar-refractivity contribution in [3.63, 3.8) is 0 Å². The van der Waals surface area contributed by atoms with E-state index in [-0.39, 0.29) is 36.2 Å². The van der Waals surface area contributed by atoms with E-state index in [1.54, 1.807) is 0 Å². The van der Waals surface area contributed by atoms with Crippen LogP contribution in [0.1, 0.15) is 51.5 Å². The van der Waals surface area contributed by atoms with Crippen LogP contribution >= 0.6 is 0 Å². The fraction of sp³-hybridized carbons (Fsp3) is 0.682. The first-order chi connectivity index (χ1) is 12.8. The highest BCUT2D eigenvalue weighted by atomic mass is 16.3. The molecule has 6 atom stereocenters. The molecule has 0 heterocycles. The molecule has 5 heteroatoms. The minimum atomic E-state index is -0.577. The third-order valence-corrected chi connectivity index (χ3v) is 7.45. The maximum atomic E-state index is 12.6. The van der Waals surface area contributed by atoms with Crippen LogP contribution in [0.15, 0.2) is 30.3 Å². The van der Waals surface area contributed by atoms with Crippen molar-refractivity contribution in [2.45, 2.75) is 64.7 Å². The molecule has 27 heavy (non-hydrogen) atoms. The van der Waals surface area contributed by atoms with Crippen LogP contribution in [0.2, 0.25) is 0 Å². The van der Waals surface area contributed by atoms with Crippen LogP contribution in [0.5, 0.6) is 0 Å². The summed E-state index contributed by atoms with van der Waals surface area (Å²) in [5.74, 6) is -0.124. The van der Waals surface area contributed by atoms with Gasteiger partial charge in [-0.25, -0.2) is 0 Å². The third kappa shape index (κ3) is 3.78. The van der Waals surface area contributed by atoms with Crippen LogP contribution in [-0.4, -0.2) is 40.0 Å². The van der Waals surface area contributed by atoms with Crippen molar-refractivity contribution in [3.05, 3.63) is 35.9 Å². The average molecular weight is 376 g/mol. The van der Waals surface area contributed by atoms with Gasteiger partial charge in [0.05, 0.1) is 18.8 Å². The summed E-state index contributed by atoms with van der Waals surface area (Å²) in [6.45, 7) is 4.49. The Morgan fingerprint density at radius 1 is 1.15 bits per heavy atom. The van der Waals surface area contributed by atoms with Gasteiger partial charge in [0.2, 0.25) is 5.91 Å². The minimum Gasteiger partial charge on any atom is -0.396 e. The quantitative estimate of drug-likeness (QED) is 0.635. The van der Waals surface area contributed by atoms with Crippen molar-refractivity contribution in [1.82, 2.24) is 5.32 Å². The summed E-state index contributed by atoms with van der Waals surface area (Å²) in [5.41, 5.74) is 0.206. The molecule has 1 aromatic carbocycles. The Balaban J connectivity index is 1.72. The standard InChI is InChI=1S/C22H33NO4/c1-21-11-10-19(26)22(2,14-24)18(21)9-8-17(25)16(21)12-20(27)23-13-15-6-4-3-5-7-15/h3-7,16-19,24-26H,8-14H2,1-2H3,(H,23,27)/t16-,17-,18-,19-,21+,22+/m1/s1. The molecule has 150 valence electrons. The zero-order chi connectivity index (χ0) is 19.7. The van der Waals surface area contributed by atoms with Crippen LogP contribution in [0.4, 0.5) is 0 Å². The summed E-state index contributed by atoms with van der Waals surface area (Å²) in [5, 5.41) is 34.2. The lowest BCUT2D eigenvalue weighted by Crippen LogP contribution is -2.60. The van der Waals surface area contributed by atoms with Crippen molar-refractivity contribution in [1.29, 1.82) is 0 Å². The molecule has 1 aromatic rings. The molecule has 4 N–H and O–H groups in total. The highest BCUT2D eigenvalue weighted by molar-refractivity contribution is 5.76. The number of aliphatic hydroxyl groups excluding tert-OH is 3. The molecule has 0 aliphatic heterocycles. The van der Waals surface area contributed by atoms with Gasteiger partial charge in [-0.3, -0.25) is 4.79 Å². The number of benzene rings is 1. The first kappa shape index (κ1) is 20.3. The average Bonchev–Trinajstić information content (AvgIpc) is 2.67. The largest absolute Gasteiger partial charge is 0.396 e. The lowest BCUT2D eigenvalue weighted by molar-refractivity contribution is -0.185. The van der Waals surface area contributed by atoms with E-state index >= 15 is 0 Å². The summed E-state index contributed by atoms with van der Waals surface area (Å²) >= 11 is 0. The Bertz CT molecular complexity index is 651. The second-order valence-corrected chi connectivity index (χ2v) is 8.99. The molecule has 5 nitrogen and oxygen atoms in total. The Hall–Kier alpha value is -1.43. The summed E-state index contributed by atoms with van der Waals surface area (Å²) in [6.07, 6.45) is 1.96. The fourth-order valence-electron chi connectivity index (χ4n) is 5.67. The first-order valence-electron chi connectivity index (χ1n) is 10.1. The van der Waals surface area contributed by atoms with Gasteiger partial charge in [-0.2, -0.15) is 0 Å². The van der Waals surface area contributed by atoms with E-state index < -0.39 is 17.6 Å². The molecule has 0 saturated heterocycles. The third-order valence-electron chi connectivity index (χ3n) is 7.45. The van der Waals surface area contributed by atoms with Crippen LogP contribution in [-0.2, 0) is 11.3 Å². The van der Waals surface area contributed by atoms with Crippen molar-refractivity contribution in [2.75, 3.05) is 6.61 Å². The lowest BCUT2D eigenvalue weighted by Gasteiger charge is -2.60. The molecule has 2 aliphatic carbocycles. The van der Waals surface area contributed by atoms with Crippen molar-refractivity contribution >= 4 is 5.91 Å². The monoisotopic (exact) mass is 375 g/mol. The molecule has 0 aromatic heterocycles. The van der Waals surface area contributed by atoms with Gasteiger partial charge < -0.3 is 20.6 Å². The van der Waals surface area contributed by atoms with E-state index in [0.717, 1.165) is 18.4 Å². The summed E-state index contributed by atoms with van der Waals surface area (Å²) in [7, 11) is 0. The number of hydrogen-bond acceptors (Lipinski definition) is 4. The molecule has 0 radical (unpaired) electrons. The van der Waals surface area contributed by atoms with Crippen molar-refractivity contribution in [3.8, 4) is 0 Å². The van der Waals surface area contributed by atoms with E-state index in [4.69, 9.17) is 0 Å². The molecular formula is C22H33NO4. The molecule has 2 fully saturated rings. The number of hydrogen-bond donors (Lipinski definition) is 4. The smallest absolute Gasteiger partial charge is 0.220 e. The Morgan fingerprint density at radius 2 is 1.85 bits per heavy atom. The first-order valence-corrected chi connectivity index (χ1v) is 10.1. The Morgan fingerprint density at radius 3 is 2.52 bits per heavy atom. The van der Waals surface area contributed by atoms with E-state index in [0.29, 0.717) is 19.4 Å². The van der Waals surface area contributed by atoms with Crippen molar-refractivity contribution < 1.29 is 20.1 Å². The van der Waals surface area contributed by atoms with Gasteiger partial charge in [0.15, 0.2) is 0 Å². The number of rotatable bonds is 5. The van der Waals surface area contributed by atoms with Crippen molar-refractivity contribution in [2.24, 2.45) is 22.7 Å². The molecule has 1 amide bonds. The van der Waals surface area contributed by atoms with E-state index in [9.17, 15) is 20.1 Å². The zero-order valence-electron chi connectivity index (χ0n) is 16.4. The number of aliphatic hydroxyl groups is 3. The Kier molecular flexibility index (Phi) is 5.94. The number of carbonyl (C=O) groups is 1. The SMILES string of the molecule is C[C@]1(CO)[C@@H]2CC[C@@H](O)[C@@H](CC(=O)NCc3ccccc3)[C@]2(C)CC[C@H]1O. The summed E-state index contributed by atoms with van der Waals surface area (Å²) < 4.78 is 0. The second kappa shape index (κ2) is 7.90. The molecule has 0 unspecified atom stereocenters. The van der Waals surface area contributed by atoms with Gasteiger partial charge in [-0.05, 0) is 48.5 Å². The topological polar surface area (TPSA) is 89.8 Å². The van der Waals surface area contributed by atoms with Crippen LogP contribution < -0.4 is 5.32 Å². The zero-order valence-corrected chi connectivity index (χ0v) is 16.4. The number of carbonyl (C=O) groups excluding carboxylic acids is 1. The molecule has 2 saturated carbocycles. The highest BCUT2D eigenvalue weighted by Gasteiger charge is 2.58. The predicted molar refractivity (Wildman–Crippen MR) is 104 cm³/mol. The van der Waals surface area contributed by atoms with Gasteiger partial charge in [0, 0.05) is 18.4 Å². The molecule has 2 aliphatic rings. The molecular weight excluding hydrogens is 342 g/mol. The maximum Gasteiger partial charge on any atom is 0.220 e. The second-order valence-electron chi connectivity index (χ2n) is 8.99. The van der Waals surface area contributed by atoms with E-state index in [1.165, 1.54) is 0 Å². The van der Waals surface area contributed by atoms with Gasteiger partial charge >= 0.3 is 0 Å². The van der Waals surface area contributed by atoms with E-state index in [2.05, 4.69) is 12.2 Å². The molecule has 3 rings (SSSR count). The number of amides is 1. The lowest BCUT2D eigenvalue weighted by atomic mass is 9.46. The normalized spacial score (nSPS) is 38.9. The Labute approximate surface area is 161 Å². The highest BCUT2D eigenvalue weighted by Crippen LogP contribution is 2.60. The maximum absolute atomic E-state index is 12.6. The van der Waals surface area contributed by atoms with Gasteiger partial charge in [0.25, 0.3) is 0 Å². The van der Waals surface area contributed by atoms with Crippen LogP contribution in [0, 0.1) is 22.7 Å². The van der Waals surface area contributed by atoms with Crippen LogP contribution in [0.25, 0.3) is 0 Å². The fourth-order valence-corrected chi connectivity index (χ4v) is 5.67. The minimum absolute atomic E-state index is 0.0541. The summed E-state index contributed by atoms with van der Waals surface area (Å²) in [6, 6.07) is 9.78. The molecule has 0 bridgehead atoms. The van der Waals surface area contributed by atoms with Gasteiger partial charge in [-0.1, -0.05) is 44.2 Å². The number of nitrogens with one attached hydrogen (secondary N) is 1. The van der Waals surface area contributed by atoms with Gasteiger partial charge in [-0.15, -0.1) is 0 Å². The predicted octanol–water partition coefficient (Wildman–Crippen LogP) is 2.24. The van der Waals surface area contributed by atoms with Gasteiger partial charge in [0.1, 0.15) is 0 Å². The van der Waals surface area contributed by atoms with Crippen LogP contribution in [0.3, 0.4) is 0 Å². The number of fused-ring (bicyclic) bond motifs is 1. The molecule has 0 spiro atoms.